The van der Waals surface area contributed by atoms with E-state index in [-0.39, 0.29) is 5.92 Å². The van der Waals surface area contributed by atoms with Crippen LogP contribution in [0.5, 0.6) is 0 Å². The first kappa shape index (κ1) is 13.6. The Morgan fingerprint density at radius 1 is 1.10 bits per heavy atom. The number of hydrogen-bond donors (Lipinski definition) is 0. The van der Waals surface area contributed by atoms with Gasteiger partial charge in [0.1, 0.15) is 5.78 Å². The van der Waals surface area contributed by atoms with Gasteiger partial charge in [-0.05, 0) is 55.9 Å². The van der Waals surface area contributed by atoms with Gasteiger partial charge in [0.25, 0.3) is 0 Å². The summed E-state index contributed by atoms with van der Waals surface area (Å²) in [7, 11) is 0. The van der Waals surface area contributed by atoms with E-state index < -0.39 is 0 Å². The second kappa shape index (κ2) is 6.39. The van der Waals surface area contributed by atoms with Crippen LogP contribution in [0.4, 0.5) is 0 Å². The fourth-order valence-electron chi connectivity index (χ4n) is 3.86. The Morgan fingerprint density at radius 3 is 2.70 bits per heavy atom. The van der Waals surface area contributed by atoms with Crippen molar-refractivity contribution in [1.29, 1.82) is 0 Å². The fraction of sp³-hybridized carbons (Fsp3) is 0.526. The van der Waals surface area contributed by atoms with Crippen molar-refractivity contribution in [2.45, 2.75) is 44.9 Å². The molecule has 0 aliphatic heterocycles. The molecule has 1 heteroatoms. The molecule has 2 aliphatic rings. The normalized spacial score (nSPS) is 30.4. The molecular weight excluding hydrogens is 244 g/mol. The van der Waals surface area contributed by atoms with Crippen molar-refractivity contribution in [1.82, 2.24) is 0 Å². The lowest BCUT2D eigenvalue weighted by Crippen LogP contribution is -2.30. The van der Waals surface area contributed by atoms with E-state index in [4.69, 9.17) is 0 Å². The number of rotatable bonds is 3. The number of allylic oxidation sites excluding steroid dienone is 2. The van der Waals surface area contributed by atoms with Gasteiger partial charge in [-0.1, -0.05) is 42.5 Å². The van der Waals surface area contributed by atoms with E-state index in [1.807, 2.05) is 6.07 Å². The van der Waals surface area contributed by atoms with Crippen molar-refractivity contribution >= 4 is 5.78 Å². The summed E-state index contributed by atoms with van der Waals surface area (Å²) in [5, 5.41) is 0. The Kier molecular flexibility index (Phi) is 4.34. The Labute approximate surface area is 122 Å². The lowest BCUT2D eigenvalue weighted by atomic mass is 9.70. The SMILES string of the molecule is O=C1CCC(C2C=CCCC2)CC1Cc1ccccc1. The molecule has 3 atom stereocenters. The highest BCUT2D eigenvalue weighted by Gasteiger charge is 2.32. The Morgan fingerprint density at radius 2 is 1.95 bits per heavy atom. The fourth-order valence-corrected chi connectivity index (χ4v) is 3.86. The number of carbonyl (C=O) groups excluding carboxylic acids is 1. The second-order valence-electron chi connectivity index (χ2n) is 6.41. The van der Waals surface area contributed by atoms with Crippen LogP contribution in [-0.2, 0) is 11.2 Å². The molecule has 1 aromatic rings. The largest absolute Gasteiger partial charge is 0.299 e. The average molecular weight is 268 g/mol. The van der Waals surface area contributed by atoms with E-state index >= 15 is 0 Å². The molecule has 106 valence electrons. The quantitative estimate of drug-likeness (QED) is 0.734. The zero-order valence-electron chi connectivity index (χ0n) is 12.1. The molecule has 0 amide bonds. The van der Waals surface area contributed by atoms with Gasteiger partial charge in [-0.25, -0.2) is 0 Å². The van der Waals surface area contributed by atoms with Crippen LogP contribution in [-0.4, -0.2) is 5.78 Å². The molecule has 0 spiro atoms. The Balaban J connectivity index is 1.65. The molecule has 1 saturated carbocycles. The summed E-state index contributed by atoms with van der Waals surface area (Å²) in [6.45, 7) is 0. The third kappa shape index (κ3) is 3.20. The Bertz CT molecular complexity index is 474. The molecule has 1 aromatic carbocycles. The minimum atomic E-state index is 0.256. The van der Waals surface area contributed by atoms with Gasteiger partial charge < -0.3 is 0 Å². The molecule has 2 aliphatic carbocycles. The van der Waals surface area contributed by atoms with E-state index in [9.17, 15) is 4.79 Å². The van der Waals surface area contributed by atoms with E-state index in [2.05, 4.69) is 36.4 Å². The summed E-state index contributed by atoms with van der Waals surface area (Å²) < 4.78 is 0. The van der Waals surface area contributed by atoms with E-state index in [0.29, 0.717) is 5.78 Å². The van der Waals surface area contributed by atoms with Crippen molar-refractivity contribution in [2.75, 3.05) is 0 Å². The summed E-state index contributed by atoms with van der Waals surface area (Å²) in [6, 6.07) is 10.5. The van der Waals surface area contributed by atoms with Gasteiger partial charge in [-0.2, -0.15) is 0 Å². The number of Topliss-reactive ketones (excluding diaryl/α,β-unsaturated/α-hetero) is 1. The minimum Gasteiger partial charge on any atom is -0.299 e. The summed E-state index contributed by atoms with van der Waals surface area (Å²) in [5.41, 5.74) is 1.31. The predicted octanol–water partition coefficient (Wildman–Crippen LogP) is 4.57. The van der Waals surface area contributed by atoms with Crippen LogP contribution in [0.1, 0.15) is 44.1 Å². The maximum atomic E-state index is 12.2. The highest BCUT2D eigenvalue weighted by molar-refractivity contribution is 5.82. The summed E-state index contributed by atoms with van der Waals surface area (Å²) >= 11 is 0. The first-order chi connectivity index (χ1) is 9.83. The zero-order valence-corrected chi connectivity index (χ0v) is 12.1. The van der Waals surface area contributed by atoms with Crippen LogP contribution in [0.25, 0.3) is 0 Å². The molecule has 0 N–H and O–H groups in total. The molecule has 0 bridgehead atoms. The lowest BCUT2D eigenvalue weighted by molar-refractivity contribution is -0.125. The van der Waals surface area contributed by atoms with Gasteiger partial charge in [-0.3, -0.25) is 4.79 Å². The first-order valence-corrected chi connectivity index (χ1v) is 8.06. The summed E-state index contributed by atoms with van der Waals surface area (Å²) in [5.74, 6) is 2.21. The van der Waals surface area contributed by atoms with Crippen molar-refractivity contribution in [2.24, 2.45) is 17.8 Å². The molecule has 20 heavy (non-hydrogen) atoms. The topological polar surface area (TPSA) is 17.1 Å². The van der Waals surface area contributed by atoms with Crippen LogP contribution >= 0.6 is 0 Å². The molecule has 3 unspecified atom stereocenters. The first-order valence-electron chi connectivity index (χ1n) is 8.06. The lowest BCUT2D eigenvalue weighted by Gasteiger charge is -2.33. The van der Waals surface area contributed by atoms with Gasteiger partial charge in [0, 0.05) is 12.3 Å². The molecule has 0 radical (unpaired) electrons. The van der Waals surface area contributed by atoms with Gasteiger partial charge in [0.05, 0.1) is 0 Å². The van der Waals surface area contributed by atoms with E-state index in [1.54, 1.807) is 0 Å². The van der Waals surface area contributed by atoms with Crippen LogP contribution in [0.2, 0.25) is 0 Å². The summed E-state index contributed by atoms with van der Waals surface area (Å²) in [6.07, 6.45) is 12.6. The number of hydrogen-bond acceptors (Lipinski definition) is 1. The smallest absolute Gasteiger partial charge is 0.136 e. The molecule has 1 fully saturated rings. The van der Waals surface area contributed by atoms with Gasteiger partial charge in [0.15, 0.2) is 0 Å². The Hall–Kier alpha value is -1.37. The molecule has 1 nitrogen and oxygen atoms in total. The van der Waals surface area contributed by atoms with Crippen LogP contribution < -0.4 is 0 Å². The van der Waals surface area contributed by atoms with Crippen LogP contribution in [0, 0.1) is 17.8 Å². The average Bonchev–Trinajstić information content (AvgIpc) is 2.51. The molecule has 3 rings (SSSR count). The summed E-state index contributed by atoms with van der Waals surface area (Å²) in [4.78, 5) is 12.2. The highest BCUT2D eigenvalue weighted by atomic mass is 16.1. The van der Waals surface area contributed by atoms with Crippen molar-refractivity contribution in [3.63, 3.8) is 0 Å². The van der Waals surface area contributed by atoms with E-state index in [1.165, 1.54) is 24.8 Å². The van der Waals surface area contributed by atoms with Crippen LogP contribution in [0.3, 0.4) is 0 Å². The van der Waals surface area contributed by atoms with Crippen molar-refractivity contribution in [3.8, 4) is 0 Å². The predicted molar refractivity (Wildman–Crippen MR) is 82.5 cm³/mol. The number of benzene rings is 1. The van der Waals surface area contributed by atoms with Crippen molar-refractivity contribution in [3.05, 3.63) is 48.0 Å². The molecular formula is C19H24O. The third-order valence-electron chi connectivity index (χ3n) is 5.03. The number of ketones is 1. The van der Waals surface area contributed by atoms with E-state index in [0.717, 1.165) is 37.5 Å². The van der Waals surface area contributed by atoms with Gasteiger partial charge in [-0.15, -0.1) is 0 Å². The van der Waals surface area contributed by atoms with Gasteiger partial charge >= 0.3 is 0 Å². The molecule has 0 aromatic heterocycles. The third-order valence-corrected chi connectivity index (χ3v) is 5.03. The monoisotopic (exact) mass is 268 g/mol. The maximum absolute atomic E-state index is 12.2. The zero-order chi connectivity index (χ0) is 13.8. The molecule has 0 saturated heterocycles. The maximum Gasteiger partial charge on any atom is 0.136 e. The molecule has 0 heterocycles. The van der Waals surface area contributed by atoms with Crippen LogP contribution in [0.15, 0.2) is 42.5 Å². The van der Waals surface area contributed by atoms with Crippen molar-refractivity contribution < 1.29 is 4.79 Å². The highest BCUT2D eigenvalue weighted by Crippen LogP contribution is 2.37. The standard InChI is InChI=1S/C19H24O/c20-19-12-11-17(16-9-5-2-6-10-16)14-18(19)13-15-7-3-1-4-8-15/h1,3-5,7-9,16-18H,2,6,10-14H2. The second-order valence-corrected chi connectivity index (χ2v) is 6.41. The number of carbonyl (C=O) groups is 1. The minimum absolute atomic E-state index is 0.256. The van der Waals surface area contributed by atoms with Gasteiger partial charge in [0.2, 0.25) is 0 Å².